The second kappa shape index (κ2) is 6.40. The minimum absolute atomic E-state index is 0.0788. The van der Waals surface area contributed by atoms with Crippen molar-refractivity contribution in [3.05, 3.63) is 29.8 Å². The lowest BCUT2D eigenvalue weighted by Crippen LogP contribution is -2.27. The van der Waals surface area contributed by atoms with Crippen LogP contribution in [0.3, 0.4) is 0 Å². The fraction of sp³-hybridized carbons (Fsp3) is 0.467. The van der Waals surface area contributed by atoms with Crippen molar-refractivity contribution in [2.45, 2.75) is 30.2 Å². The molecule has 5 heteroatoms. The highest BCUT2D eigenvalue weighted by molar-refractivity contribution is 7.89. The van der Waals surface area contributed by atoms with Gasteiger partial charge in [0.2, 0.25) is 10.0 Å². The van der Waals surface area contributed by atoms with Crippen LogP contribution < -0.4 is 5.32 Å². The second-order valence-corrected chi connectivity index (χ2v) is 7.13. The van der Waals surface area contributed by atoms with E-state index >= 15 is 0 Å². The van der Waals surface area contributed by atoms with Crippen LogP contribution in [0.25, 0.3) is 0 Å². The van der Waals surface area contributed by atoms with Crippen molar-refractivity contribution in [2.24, 2.45) is 0 Å². The monoisotopic (exact) mass is 292 g/mol. The molecular weight excluding hydrogens is 272 g/mol. The van der Waals surface area contributed by atoms with Crippen LogP contribution in [0.4, 0.5) is 0 Å². The van der Waals surface area contributed by atoms with Crippen LogP contribution in [-0.2, 0) is 16.4 Å². The Labute approximate surface area is 121 Å². The molecule has 1 aromatic rings. The topological polar surface area (TPSA) is 49.4 Å². The lowest BCUT2D eigenvalue weighted by Gasteiger charge is -2.14. The second-order valence-electron chi connectivity index (χ2n) is 5.09. The summed E-state index contributed by atoms with van der Waals surface area (Å²) >= 11 is 0. The summed E-state index contributed by atoms with van der Waals surface area (Å²) in [5.74, 6) is 2.34. The Kier molecular flexibility index (Phi) is 4.81. The van der Waals surface area contributed by atoms with Gasteiger partial charge in [-0.1, -0.05) is 18.1 Å². The van der Waals surface area contributed by atoms with E-state index in [1.165, 1.54) is 24.2 Å². The summed E-state index contributed by atoms with van der Waals surface area (Å²) in [7, 11) is -1.98. The number of rotatable bonds is 7. The molecule has 1 aromatic carbocycles. The summed E-state index contributed by atoms with van der Waals surface area (Å²) < 4.78 is 25.5. The average Bonchev–Trinajstić information content (AvgIpc) is 3.24. The van der Waals surface area contributed by atoms with Gasteiger partial charge in [-0.15, -0.1) is 6.42 Å². The van der Waals surface area contributed by atoms with Crippen LogP contribution in [0, 0.1) is 12.3 Å². The molecule has 0 saturated heterocycles. The van der Waals surface area contributed by atoms with Crippen molar-refractivity contribution < 1.29 is 8.42 Å². The lowest BCUT2D eigenvalue weighted by atomic mass is 10.1. The molecule has 0 spiro atoms. The maximum Gasteiger partial charge on any atom is 0.243 e. The molecule has 1 saturated carbocycles. The molecule has 1 aliphatic rings. The smallest absolute Gasteiger partial charge is 0.243 e. The molecule has 1 aliphatic carbocycles. The highest BCUT2D eigenvalue weighted by Gasteiger charge is 2.20. The standard InChI is InChI=1S/C15H20N2O2S/c1-3-12-17(2)20(18,19)15-8-4-13(5-9-15)10-11-16-14-6-7-14/h1,4-5,8-9,14,16H,6-7,10-12H2,2H3. The van der Waals surface area contributed by atoms with Crippen LogP contribution in [0.15, 0.2) is 29.2 Å². The predicted octanol–water partition coefficient (Wildman–Crippen LogP) is 1.23. The lowest BCUT2D eigenvalue weighted by molar-refractivity contribution is 0.503. The maximum absolute atomic E-state index is 12.2. The molecule has 0 aliphatic heterocycles. The van der Waals surface area contributed by atoms with E-state index < -0.39 is 10.0 Å². The van der Waals surface area contributed by atoms with Gasteiger partial charge in [-0.3, -0.25) is 0 Å². The first-order valence-electron chi connectivity index (χ1n) is 6.76. The third-order valence-corrected chi connectivity index (χ3v) is 5.19. The average molecular weight is 292 g/mol. The third-order valence-electron chi connectivity index (χ3n) is 3.37. The van der Waals surface area contributed by atoms with E-state index in [-0.39, 0.29) is 11.4 Å². The molecule has 0 radical (unpaired) electrons. The molecule has 0 heterocycles. The number of hydrogen-bond acceptors (Lipinski definition) is 3. The number of terminal acetylenes is 1. The first kappa shape index (κ1) is 15.0. The quantitative estimate of drug-likeness (QED) is 0.769. The first-order valence-corrected chi connectivity index (χ1v) is 8.20. The highest BCUT2D eigenvalue weighted by Crippen LogP contribution is 2.19. The van der Waals surface area contributed by atoms with Gasteiger partial charge < -0.3 is 5.32 Å². The van der Waals surface area contributed by atoms with Gasteiger partial charge in [0.15, 0.2) is 0 Å². The molecule has 4 nitrogen and oxygen atoms in total. The van der Waals surface area contributed by atoms with E-state index in [1.807, 2.05) is 12.1 Å². The van der Waals surface area contributed by atoms with E-state index in [0.717, 1.165) is 18.5 Å². The van der Waals surface area contributed by atoms with Crippen LogP contribution >= 0.6 is 0 Å². The van der Waals surface area contributed by atoms with Gasteiger partial charge in [-0.25, -0.2) is 8.42 Å². The molecular formula is C15H20N2O2S. The summed E-state index contributed by atoms with van der Waals surface area (Å²) in [6, 6.07) is 7.73. The Bertz CT molecular complexity index is 583. The molecule has 0 bridgehead atoms. The Balaban J connectivity index is 1.97. The SMILES string of the molecule is C#CCN(C)S(=O)(=O)c1ccc(CCNC2CC2)cc1. The van der Waals surface area contributed by atoms with Crippen molar-refractivity contribution in [1.29, 1.82) is 0 Å². The molecule has 0 atom stereocenters. The van der Waals surface area contributed by atoms with Gasteiger partial charge in [0.25, 0.3) is 0 Å². The van der Waals surface area contributed by atoms with E-state index in [0.29, 0.717) is 6.04 Å². The Morgan fingerprint density at radius 3 is 2.55 bits per heavy atom. The zero-order valence-electron chi connectivity index (χ0n) is 11.7. The summed E-state index contributed by atoms with van der Waals surface area (Å²) in [6.45, 7) is 1.02. The van der Waals surface area contributed by atoms with Crippen LogP contribution in [0.1, 0.15) is 18.4 Å². The first-order chi connectivity index (χ1) is 9.54. The molecule has 108 valence electrons. The van der Waals surface area contributed by atoms with Crippen LogP contribution in [0.2, 0.25) is 0 Å². The van der Waals surface area contributed by atoms with Crippen molar-refractivity contribution >= 4 is 10.0 Å². The Morgan fingerprint density at radius 2 is 2.00 bits per heavy atom. The third kappa shape index (κ3) is 3.83. The van der Waals surface area contributed by atoms with Crippen molar-refractivity contribution in [3.8, 4) is 12.3 Å². The van der Waals surface area contributed by atoms with E-state index in [2.05, 4.69) is 11.2 Å². The number of nitrogens with one attached hydrogen (secondary N) is 1. The van der Waals surface area contributed by atoms with Crippen molar-refractivity contribution in [1.82, 2.24) is 9.62 Å². The zero-order valence-corrected chi connectivity index (χ0v) is 12.5. The molecule has 0 unspecified atom stereocenters. The molecule has 2 rings (SSSR count). The summed E-state index contributed by atoms with van der Waals surface area (Å²) in [5, 5.41) is 3.44. The van der Waals surface area contributed by atoms with E-state index in [1.54, 1.807) is 12.1 Å². The molecule has 1 fully saturated rings. The molecule has 0 aromatic heterocycles. The summed E-state index contributed by atoms with van der Waals surface area (Å²) in [5.41, 5.74) is 1.14. The van der Waals surface area contributed by atoms with Gasteiger partial charge in [0.1, 0.15) is 0 Å². The largest absolute Gasteiger partial charge is 0.314 e. The Morgan fingerprint density at radius 1 is 1.35 bits per heavy atom. The number of nitrogens with zero attached hydrogens (tertiary/aromatic N) is 1. The van der Waals surface area contributed by atoms with Crippen molar-refractivity contribution in [3.63, 3.8) is 0 Å². The predicted molar refractivity (Wildman–Crippen MR) is 79.8 cm³/mol. The summed E-state index contributed by atoms with van der Waals surface area (Å²) in [6.07, 6.45) is 8.62. The summed E-state index contributed by atoms with van der Waals surface area (Å²) in [4.78, 5) is 0.286. The maximum atomic E-state index is 12.2. The number of hydrogen-bond donors (Lipinski definition) is 1. The van der Waals surface area contributed by atoms with Crippen LogP contribution in [0.5, 0.6) is 0 Å². The van der Waals surface area contributed by atoms with Gasteiger partial charge in [0, 0.05) is 13.1 Å². The number of sulfonamides is 1. The van der Waals surface area contributed by atoms with Gasteiger partial charge in [-0.2, -0.15) is 4.31 Å². The van der Waals surface area contributed by atoms with E-state index in [4.69, 9.17) is 6.42 Å². The van der Waals surface area contributed by atoms with E-state index in [9.17, 15) is 8.42 Å². The fourth-order valence-electron chi connectivity index (χ4n) is 1.93. The highest BCUT2D eigenvalue weighted by atomic mass is 32.2. The van der Waals surface area contributed by atoms with Gasteiger partial charge in [-0.05, 0) is 43.5 Å². The zero-order chi connectivity index (χ0) is 14.6. The van der Waals surface area contributed by atoms with Gasteiger partial charge in [0.05, 0.1) is 11.4 Å². The molecule has 1 N–H and O–H groups in total. The van der Waals surface area contributed by atoms with Crippen molar-refractivity contribution in [2.75, 3.05) is 20.1 Å². The normalized spacial score (nSPS) is 15.2. The Hall–Kier alpha value is -1.35. The minimum Gasteiger partial charge on any atom is -0.314 e. The fourth-order valence-corrected chi connectivity index (χ4v) is 3.01. The minimum atomic E-state index is -3.47. The van der Waals surface area contributed by atoms with Gasteiger partial charge >= 0.3 is 0 Å². The molecule has 20 heavy (non-hydrogen) atoms. The number of benzene rings is 1. The van der Waals surface area contributed by atoms with Crippen LogP contribution in [-0.4, -0.2) is 38.9 Å². The molecule has 0 amide bonds.